The van der Waals surface area contributed by atoms with E-state index in [0.29, 0.717) is 0 Å². The van der Waals surface area contributed by atoms with Crippen molar-refractivity contribution in [3.63, 3.8) is 0 Å². The van der Waals surface area contributed by atoms with Gasteiger partial charge < -0.3 is 4.74 Å². The third kappa shape index (κ3) is 9.64. The van der Waals surface area contributed by atoms with Crippen LogP contribution in [0.3, 0.4) is 0 Å². The number of thioether (sulfide) groups is 2. The van der Waals surface area contributed by atoms with Crippen LogP contribution in [0.1, 0.15) is 37.0 Å². The topological polar surface area (TPSA) is 9.23 Å². The van der Waals surface area contributed by atoms with Crippen molar-refractivity contribution < 1.29 is 4.74 Å². The van der Waals surface area contributed by atoms with Crippen LogP contribution in [0, 0.1) is 23.7 Å². The SMILES string of the molecule is CCSC(/C(C#CCCCCOC)=C/C#CCSc1ccccc1)c1ccccc1. The molecule has 30 heavy (non-hydrogen) atoms. The molecule has 2 aromatic rings. The van der Waals surface area contributed by atoms with E-state index in [4.69, 9.17) is 4.74 Å². The lowest BCUT2D eigenvalue weighted by Gasteiger charge is -2.16. The number of ether oxygens (including phenoxy) is 1. The molecule has 0 aliphatic heterocycles. The van der Waals surface area contributed by atoms with E-state index < -0.39 is 0 Å². The van der Waals surface area contributed by atoms with E-state index in [1.54, 1.807) is 18.9 Å². The Balaban J connectivity index is 2.12. The molecule has 0 saturated heterocycles. The maximum atomic E-state index is 5.12. The second-order valence-electron chi connectivity index (χ2n) is 6.52. The highest BCUT2D eigenvalue weighted by molar-refractivity contribution is 7.99. The van der Waals surface area contributed by atoms with Crippen LogP contribution in [-0.4, -0.2) is 25.2 Å². The van der Waals surface area contributed by atoms with Crippen molar-refractivity contribution in [2.24, 2.45) is 0 Å². The lowest BCUT2D eigenvalue weighted by Crippen LogP contribution is -1.98. The molecule has 0 aliphatic carbocycles. The Morgan fingerprint density at radius 1 is 1.00 bits per heavy atom. The van der Waals surface area contributed by atoms with Crippen molar-refractivity contribution in [1.82, 2.24) is 0 Å². The first-order valence-corrected chi connectivity index (χ1v) is 12.4. The molecule has 0 saturated carbocycles. The van der Waals surface area contributed by atoms with Gasteiger partial charge in [-0.3, -0.25) is 0 Å². The molecule has 0 bridgehead atoms. The van der Waals surface area contributed by atoms with Crippen molar-refractivity contribution in [1.29, 1.82) is 0 Å². The quantitative estimate of drug-likeness (QED) is 0.226. The van der Waals surface area contributed by atoms with E-state index in [1.807, 2.05) is 23.9 Å². The zero-order valence-corrected chi connectivity index (χ0v) is 19.5. The molecule has 156 valence electrons. The number of benzene rings is 2. The normalized spacial score (nSPS) is 11.7. The molecule has 3 heteroatoms. The first-order chi connectivity index (χ1) is 14.8. The summed E-state index contributed by atoms with van der Waals surface area (Å²) in [6.45, 7) is 2.99. The lowest BCUT2D eigenvalue weighted by atomic mass is 10.0. The highest BCUT2D eigenvalue weighted by Gasteiger charge is 2.14. The third-order valence-corrected chi connectivity index (χ3v) is 6.32. The summed E-state index contributed by atoms with van der Waals surface area (Å²) in [5.41, 5.74) is 2.38. The average molecular weight is 435 g/mol. The molecular weight excluding hydrogens is 404 g/mol. The molecular formula is C27H30OS2. The van der Waals surface area contributed by atoms with Gasteiger partial charge in [0.2, 0.25) is 0 Å². The first kappa shape index (κ1) is 24.2. The molecule has 2 aromatic carbocycles. The second kappa shape index (κ2) is 15.8. The minimum absolute atomic E-state index is 0.221. The summed E-state index contributed by atoms with van der Waals surface area (Å²) >= 11 is 3.67. The largest absolute Gasteiger partial charge is 0.385 e. The van der Waals surface area contributed by atoms with Gasteiger partial charge >= 0.3 is 0 Å². The van der Waals surface area contributed by atoms with Gasteiger partial charge in [0.15, 0.2) is 0 Å². The zero-order chi connectivity index (χ0) is 21.3. The van der Waals surface area contributed by atoms with Crippen LogP contribution in [0.2, 0.25) is 0 Å². The fourth-order valence-electron chi connectivity index (χ4n) is 2.77. The van der Waals surface area contributed by atoms with Gasteiger partial charge in [-0.15, -0.1) is 23.5 Å². The summed E-state index contributed by atoms with van der Waals surface area (Å²) in [7, 11) is 1.74. The van der Waals surface area contributed by atoms with Gasteiger partial charge in [-0.05, 0) is 36.3 Å². The fraction of sp³-hybridized carbons (Fsp3) is 0.333. The van der Waals surface area contributed by atoms with Crippen LogP contribution in [0.5, 0.6) is 0 Å². The number of unbranched alkanes of at least 4 members (excludes halogenated alkanes) is 2. The molecule has 1 unspecified atom stereocenters. The van der Waals surface area contributed by atoms with Crippen molar-refractivity contribution in [2.45, 2.75) is 36.3 Å². The van der Waals surface area contributed by atoms with Crippen LogP contribution in [0.4, 0.5) is 0 Å². The number of methoxy groups -OCH3 is 1. The number of allylic oxidation sites excluding steroid dienone is 1. The molecule has 0 heterocycles. The first-order valence-electron chi connectivity index (χ1n) is 10.4. The van der Waals surface area contributed by atoms with Crippen LogP contribution in [-0.2, 0) is 4.74 Å². The maximum absolute atomic E-state index is 5.12. The predicted molar refractivity (Wildman–Crippen MR) is 134 cm³/mol. The maximum Gasteiger partial charge on any atom is 0.0632 e. The van der Waals surface area contributed by atoms with E-state index in [2.05, 4.69) is 85.2 Å². The van der Waals surface area contributed by atoms with Gasteiger partial charge in [0.25, 0.3) is 0 Å². The molecule has 0 N–H and O–H groups in total. The molecule has 0 amide bonds. The fourth-order valence-corrected chi connectivity index (χ4v) is 4.43. The Hall–Kier alpha value is -2.04. The van der Waals surface area contributed by atoms with E-state index in [9.17, 15) is 0 Å². The highest BCUT2D eigenvalue weighted by Crippen LogP contribution is 2.35. The van der Waals surface area contributed by atoms with Gasteiger partial charge in [0, 0.05) is 36.7 Å². The van der Waals surface area contributed by atoms with Crippen LogP contribution in [0.15, 0.2) is 77.2 Å². The minimum Gasteiger partial charge on any atom is -0.385 e. The Kier molecular flexibility index (Phi) is 12.7. The molecule has 0 fully saturated rings. The van der Waals surface area contributed by atoms with E-state index in [1.165, 1.54) is 10.5 Å². The Labute approximate surface area is 191 Å². The minimum atomic E-state index is 0.221. The van der Waals surface area contributed by atoms with Crippen molar-refractivity contribution >= 4 is 23.5 Å². The molecule has 1 atom stereocenters. The predicted octanol–water partition coefficient (Wildman–Crippen LogP) is 7.02. The molecule has 0 radical (unpaired) electrons. The van der Waals surface area contributed by atoms with E-state index in [-0.39, 0.29) is 5.25 Å². The summed E-state index contributed by atoms with van der Waals surface area (Å²) in [6, 6.07) is 21.0. The van der Waals surface area contributed by atoms with Gasteiger partial charge in [0.05, 0.1) is 11.0 Å². The monoisotopic (exact) mass is 434 g/mol. The van der Waals surface area contributed by atoms with Gasteiger partial charge in [-0.25, -0.2) is 0 Å². The van der Waals surface area contributed by atoms with Crippen molar-refractivity contribution in [3.8, 4) is 23.7 Å². The standard InChI is InChI=1S/C27H30OS2/c1-3-29-27(24-17-9-6-10-18-24)25(16-8-4-5-14-22-28-2)19-13-15-23-30-26-20-11-7-12-21-26/h6-7,9-12,17-21,27H,3-5,14,22-23H2,1-2H3/b25-19+. The Bertz CT molecular complexity index is 867. The van der Waals surface area contributed by atoms with E-state index >= 15 is 0 Å². The number of hydrogen-bond acceptors (Lipinski definition) is 3. The van der Waals surface area contributed by atoms with Crippen LogP contribution >= 0.6 is 23.5 Å². The smallest absolute Gasteiger partial charge is 0.0632 e. The molecule has 0 spiro atoms. The second-order valence-corrected chi connectivity index (χ2v) is 8.95. The van der Waals surface area contributed by atoms with Gasteiger partial charge in [-0.2, -0.15) is 0 Å². The average Bonchev–Trinajstić information content (AvgIpc) is 2.79. The molecule has 2 rings (SSSR count). The van der Waals surface area contributed by atoms with Gasteiger partial charge in [-0.1, -0.05) is 79.1 Å². The van der Waals surface area contributed by atoms with Crippen LogP contribution < -0.4 is 0 Å². The summed E-state index contributed by atoms with van der Waals surface area (Å²) < 4.78 is 5.12. The summed E-state index contributed by atoms with van der Waals surface area (Å²) in [4.78, 5) is 1.25. The highest BCUT2D eigenvalue weighted by atomic mass is 32.2. The lowest BCUT2D eigenvalue weighted by molar-refractivity contribution is 0.193. The Morgan fingerprint density at radius 2 is 1.73 bits per heavy atom. The van der Waals surface area contributed by atoms with E-state index in [0.717, 1.165) is 42.9 Å². The van der Waals surface area contributed by atoms with Crippen molar-refractivity contribution in [3.05, 3.63) is 77.9 Å². The molecule has 1 nitrogen and oxygen atoms in total. The zero-order valence-electron chi connectivity index (χ0n) is 17.9. The third-order valence-electron chi connectivity index (χ3n) is 4.24. The Morgan fingerprint density at radius 3 is 2.43 bits per heavy atom. The summed E-state index contributed by atoms with van der Waals surface area (Å²) in [6.07, 6.45) is 5.02. The summed E-state index contributed by atoms with van der Waals surface area (Å²) in [5, 5.41) is 0.221. The van der Waals surface area contributed by atoms with Gasteiger partial charge in [0.1, 0.15) is 0 Å². The van der Waals surface area contributed by atoms with Crippen molar-refractivity contribution in [2.75, 3.05) is 25.2 Å². The summed E-state index contributed by atoms with van der Waals surface area (Å²) in [5.74, 6) is 15.1. The van der Waals surface area contributed by atoms with Crippen LogP contribution in [0.25, 0.3) is 0 Å². The number of hydrogen-bond donors (Lipinski definition) is 0. The number of rotatable bonds is 10. The molecule has 0 aromatic heterocycles. The molecule has 0 aliphatic rings.